The molecule has 0 aromatic heterocycles. The third-order valence-corrected chi connectivity index (χ3v) is 6.08. The second-order valence-corrected chi connectivity index (χ2v) is 11.1. The van der Waals surface area contributed by atoms with Crippen LogP contribution in [0.4, 0.5) is 14.9 Å². The van der Waals surface area contributed by atoms with Gasteiger partial charge < -0.3 is 20.4 Å². The molecule has 2 rings (SSSR count). The summed E-state index contributed by atoms with van der Waals surface area (Å²) in [5.74, 6) is -0.483. The summed E-state index contributed by atoms with van der Waals surface area (Å²) in [6, 6.07) is 4.38. The second kappa shape index (κ2) is 11.7. The molecule has 0 bridgehead atoms. The summed E-state index contributed by atoms with van der Waals surface area (Å²) in [5, 5.41) is 5.17. The van der Waals surface area contributed by atoms with E-state index in [4.69, 9.17) is 0 Å². The molecule has 0 aliphatic carbocycles. The molecule has 1 aromatic carbocycles. The zero-order valence-corrected chi connectivity index (χ0v) is 21.7. The summed E-state index contributed by atoms with van der Waals surface area (Å²) in [4.78, 5) is 42.2. The molecule has 2 N–H and O–H groups in total. The van der Waals surface area contributed by atoms with Crippen molar-refractivity contribution in [2.24, 2.45) is 17.3 Å². The van der Waals surface area contributed by atoms with E-state index in [1.807, 2.05) is 25.7 Å². The number of carbonyl (C=O) groups excluding carboxylic acids is 3. The van der Waals surface area contributed by atoms with Crippen molar-refractivity contribution in [3.8, 4) is 0 Å². The van der Waals surface area contributed by atoms with E-state index in [9.17, 15) is 18.8 Å². The monoisotopic (exact) mass is 476 g/mol. The van der Waals surface area contributed by atoms with Gasteiger partial charge in [-0.15, -0.1) is 0 Å². The van der Waals surface area contributed by atoms with E-state index in [1.54, 1.807) is 11.0 Å². The predicted octanol–water partition coefficient (Wildman–Crippen LogP) is 4.49. The van der Waals surface area contributed by atoms with Crippen LogP contribution in [0.2, 0.25) is 0 Å². The lowest BCUT2D eigenvalue weighted by atomic mass is 9.84. The Labute approximate surface area is 203 Å². The van der Waals surface area contributed by atoms with Crippen LogP contribution in [0.25, 0.3) is 0 Å². The van der Waals surface area contributed by atoms with Gasteiger partial charge in [-0.1, -0.05) is 53.7 Å². The number of halogens is 1. The van der Waals surface area contributed by atoms with Crippen molar-refractivity contribution in [2.75, 3.05) is 25.0 Å². The van der Waals surface area contributed by atoms with Crippen molar-refractivity contribution in [1.82, 2.24) is 15.1 Å². The highest BCUT2D eigenvalue weighted by molar-refractivity contribution is 5.94. The molecular weight excluding hydrogens is 435 g/mol. The van der Waals surface area contributed by atoms with Crippen LogP contribution in [0.3, 0.4) is 0 Å². The molecule has 1 heterocycles. The van der Waals surface area contributed by atoms with E-state index < -0.39 is 17.9 Å². The first-order valence-electron chi connectivity index (χ1n) is 12.2. The SMILES string of the molecule is CC(CC(=O)N1CCN(C(=O)C(NC(=O)Nc2ccccc2F)C(C)C)CC1C)CC(C)(C)C. The Hall–Kier alpha value is -2.64. The van der Waals surface area contributed by atoms with Gasteiger partial charge in [-0.3, -0.25) is 9.59 Å². The fraction of sp³-hybridized carbons (Fsp3) is 0.654. The van der Waals surface area contributed by atoms with Crippen LogP contribution in [0.15, 0.2) is 24.3 Å². The number of carbonyl (C=O) groups is 3. The maximum absolute atomic E-state index is 13.9. The first-order valence-corrected chi connectivity index (χ1v) is 12.2. The Morgan fingerprint density at radius 3 is 2.32 bits per heavy atom. The number of nitrogens with zero attached hydrogens (tertiary/aromatic N) is 2. The molecule has 1 saturated heterocycles. The lowest BCUT2D eigenvalue weighted by Gasteiger charge is -2.42. The topological polar surface area (TPSA) is 81.8 Å². The molecule has 1 fully saturated rings. The Bertz CT molecular complexity index is 868. The summed E-state index contributed by atoms with van der Waals surface area (Å²) in [6.07, 6.45) is 1.48. The van der Waals surface area contributed by atoms with Gasteiger partial charge in [0.25, 0.3) is 0 Å². The van der Waals surface area contributed by atoms with Crippen molar-refractivity contribution in [3.63, 3.8) is 0 Å². The van der Waals surface area contributed by atoms with E-state index in [1.165, 1.54) is 18.2 Å². The highest BCUT2D eigenvalue weighted by atomic mass is 19.1. The van der Waals surface area contributed by atoms with E-state index >= 15 is 0 Å². The standard InChI is InChI=1S/C26H41FN4O3/c1-17(2)23(29-25(34)28-21-11-9-8-10-20(21)27)24(33)30-12-13-31(19(4)16-30)22(32)14-18(3)15-26(5,6)7/h8-11,17-19,23H,12-16H2,1-7H3,(H2,28,29,34). The minimum Gasteiger partial charge on any atom is -0.337 e. The number of anilines is 1. The number of urea groups is 1. The van der Waals surface area contributed by atoms with Crippen LogP contribution < -0.4 is 10.6 Å². The molecule has 1 aliphatic rings. The minimum atomic E-state index is -0.756. The van der Waals surface area contributed by atoms with Gasteiger partial charge in [0, 0.05) is 32.1 Å². The van der Waals surface area contributed by atoms with Crippen LogP contribution >= 0.6 is 0 Å². The normalized spacial score (nSPS) is 18.4. The van der Waals surface area contributed by atoms with Gasteiger partial charge in [0.1, 0.15) is 11.9 Å². The van der Waals surface area contributed by atoms with Gasteiger partial charge in [-0.05, 0) is 42.7 Å². The van der Waals surface area contributed by atoms with Gasteiger partial charge in [-0.25, -0.2) is 9.18 Å². The lowest BCUT2D eigenvalue weighted by Crippen LogP contribution is -2.60. The molecule has 0 radical (unpaired) electrons. The average molecular weight is 477 g/mol. The van der Waals surface area contributed by atoms with Gasteiger partial charge >= 0.3 is 6.03 Å². The Morgan fingerprint density at radius 2 is 1.76 bits per heavy atom. The van der Waals surface area contributed by atoms with Gasteiger partial charge in [-0.2, -0.15) is 0 Å². The van der Waals surface area contributed by atoms with Gasteiger partial charge in [0.2, 0.25) is 11.8 Å². The number of amides is 4. The third kappa shape index (κ3) is 7.99. The zero-order valence-electron chi connectivity index (χ0n) is 21.7. The third-order valence-electron chi connectivity index (χ3n) is 6.08. The molecule has 8 heteroatoms. The average Bonchev–Trinajstić information content (AvgIpc) is 2.71. The van der Waals surface area contributed by atoms with E-state index in [0.717, 1.165) is 6.42 Å². The second-order valence-electron chi connectivity index (χ2n) is 11.1. The van der Waals surface area contributed by atoms with Crippen molar-refractivity contribution < 1.29 is 18.8 Å². The molecule has 34 heavy (non-hydrogen) atoms. The number of rotatable bonds is 7. The number of nitrogens with one attached hydrogen (secondary N) is 2. The smallest absolute Gasteiger partial charge is 0.319 e. The number of para-hydroxylation sites is 1. The van der Waals surface area contributed by atoms with Crippen LogP contribution in [0.5, 0.6) is 0 Å². The van der Waals surface area contributed by atoms with Crippen LogP contribution in [0.1, 0.15) is 61.3 Å². The van der Waals surface area contributed by atoms with Gasteiger partial charge in [0.15, 0.2) is 0 Å². The predicted molar refractivity (Wildman–Crippen MR) is 133 cm³/mol. The molecule has 4 amide bonds. The number of piperazine rings is 1. The van der Waals surface area contributed by atoms with Crippen LogP contribution in [-0.2, 0) is 9.59 Å². The molecule has 3 unspecified atom stereocenters. The van der Waals surface area contributed by atoms with Crippen molar-refractivity contribution in [3.05, 3.63) is 30.1 Å². The van der Waals surface area contributed by atoms with Crippen LogP contribution in [0, 0.1) is 23.1 Å². The van der Waals surface area contributed by atoms with Gasteiger partial charge in [0.05, 0.1) is 5.69 Å². The molecule has 0 saturated carbocycles. The zero-order chi connectivity index (χ0) is 25.6. The molecule has 7 nitrogen and oxygen atoms in total. The summed E-state index contributed by atoms with van der Waals surface area (Å²) < 4.78 is 13.9. The number of benzene rings is 1. The maximum atomic E-state index is 13.9. The molecule has 0 spiro atoms. The molecule has 1 aromatic rings. The maximum Gasteiger partial charge on any atom is 0.319 e. The Kier molecular flexibility index (Phi) is 9.47. The highest BCUT2D eigenvalue weighted by Crippen LogP contribution is 2.27. The van der Waals surface area contributed by atoms with Crippen molar-refractivity contribution in [1.29, 1.82) is 0 Å². The summed E-state index contributed by atoms with van der Waals surface area (Å²) in [7, 11) is 0. The van der Waals surface area contributed by atoms with Crippen LogP contribution in [-0.4, -0.2) is 59.4 Å². The van der Waals surface area contributed by atoms with E-state index in [2.05, 4.69) is 38.3 Å². The number of hydrogen-bond acceptors (Lipinski definition) is 3. The summed E-state index contributed by atoms with van der Waals surface area (Å²) in [6.45, 7) is 15.6. The molecule has 190 valence electrons. The quantitative estimate of drug-likeness (QED) is 0.608. The molecule has 3 atom stereocenters. The first-order chi connectivity index (χ1) is 15.8. The van der Waals surface area contributed by atoms with E-state index in [0.29, 0.717) is 32.0 Å². The van der Waals surface area contributed by atoms with Crippen molar-refractivity contribution in [2.45, 2.75) is 73.4 Å². The first kappa shape index (κ1) is 27.6. The summed E-state index contributed by atoms with van der Waals surface area (Å²) >= 11 is 0. The molecule has 1 aliphatic heterocycles. The van der Waals surface area contributed by atoms with Crippen molar-refractivity contribution >= 4 is 23.5 Å². The summed E-state index contributed by atoms with van der Waals surface area (Å²) in [5.41, 5.74) is 0.227. The minimum absolute atomic E-state index is 0.0522. The fourth-order valence-electron chi connectivity index (χ4n) is 4.63. The largest absolute Gasteiger partial charge is 0.337 e. The highest BCUT2D eigenvalue weighted by Gasteiger charge is 2.35. The fourth-order valence-corrected chi connectivity index (χ4v) is 4.63. The Morgan fingerprint density at radius 1 is 1.12 bits per heavy atom. The Balaban J connectivity index is 1.96. The molecular formula is C26H41FN4O3. The lowest BCUT2D eigenvalue weighted by molar-refractivity contribution is -0.144. The number of hydrogen-bond donors (Lipinski definition) is 2. The van der Waals surface area contributed by atoms with E-state index in [-0.39, 0.29) is 34.9 Å².